The Bertz CT molecular complexity index is 1660. The fourth-order valence-corrected chi connectivity index (χ4v) is 7.15. The Morgan fingerprint density at radius 2 is 1.41 bits per heavy atom. The maximum Gasteiger partial charge on any atom is 0.247 e. The average Bonchev–Trinajstić information content (AvgIpc) is 3.61. The quantitative estimate of drug-likeness (QED) is 0.204. The molecule has 5 rings (SSSR count). The molecule has 1 atom stereocenters. The lowest BCUT2D eigenvalue weighted by Gasteiger charge is -2.32. The summed E-state index contributed by atoms with van der Waals surface area (Å²) in [6, 6.07) is 32.1. The molecule has 7 nitrogen and oxygen atoms in total. The molecule has 1 saturated heterocycles. The number of nitrogens with zero attached hydrogens (tertiary/aromatic N) is 2. The van der Waals surface area contributed by atoms with Gasteiger partial charge in [-0.2, -0.15) is 4.31 Å². The molecule has 1 N–H and O–H groups in total. The normalized spacial score (nSPS) is 14.2. The minimum absolute atomic E-state index is 0.145. The number of hydrogen-bond acceptors (Lipinski definition) is 4. The monoisotopic (exact) mass is 629 g/mol. The van der Waals surface area contributed by atoms with Crippen LogP contribution in [-0.4, -0.2) is 42.5 Å². The van der Waals surface area contributed by atoms with Gasteiger partial charge in [-0.05, 0) is 59.7 Å². The molecule has 0 aliphatic carbocycles. The second kappa shape index (κ2) is 14.7. The van der Waals surface area contributed by atoms with E-state index < -0.39 is 16.1 Å². The first-order valence-corrected chi connectivity index (χ1v) is 16.6. The maximum atomic E-state index is 14.0. The second-order valence-corrected chi connectivity index (χ2v) is 13.2. The van der Waals surface area contributed by atoms with Crippen LogP contribution in [0.4, 0.5) is 0 Å². The summed E-state index contributed by atoms with van der Waals surface area (Å²) in [5.41, 5.74) is 3.23. The number of sulfonamides is 1. The van der Waals surface area contributed by atoms with Gasteiger partial charge in [0.1, 0.15) is 6.04 Å². The number of hydrogen-bond donors (Lipinski definition) is 1. The molecule has 1 heterocycles. The van der Waals surface area contributed by atoms with Crippen molar-refractivity contribution in [1.82, 2.24) is 14.5 Å². The van der Waals surface area contributed by atoms with Crippen molar-refractivity contribution in [2.45, 2.75) is 49.7 Å². The first kappa shape index (κ1) is 31.4. The highest BCUT2D eigenvalue weighted by atomic mass is 35.5. The smallest absolute Gasteiger partial charge is 0.247 e. The summed E-state index contributed by atoms with van der Waals surface area (Å²) in [5, 5.41) is 3.55. The molecule has 0 unspecified atom stereocenters. The predicted molar refractivity (Wildman–Crippen MR) is 172 cm³/mol. The summed E-state index contributed by atoms with van der Waals surface area (Å²) in [4.78, 5) is 29.7. The number of carbonyl (C=O) groups is 2. The second-order valence-electron chi connectivity index (χ2n) is 10.9. The third kappa shape index (κ3) is 7.75. The molecule has 1 fully saturated rings. The topological polar surface area (TPSA) is 86.8 Å². The van der Waals surface area contributed by atoms with Gasteiger partial charge in [-0.1, -0.05) is 103 Å². The van der Waals surface area contributed by atoms with Crippen LogP contribution in [0.25, 0.3) is 0 Å². The van der Waals surface area contributed by atoms with E-state index in [0.29, 0.717) is 30.1 Å². The Morgan fingerprint density at radius 1 is 0.795 bits per heavy atom. The van der Waals surface area contributed by atoms with Crippen LogP contribution in [0, 0.1) is 0 Å². The molecular formula is C35H36ClN3O4S. The molecule has 0 radical (unpaired) electrons. The molecule has 0 saturated carbocycles. The van der Waals surface area contributed by atoms with Crippen molar-refractivity contribution in [2.24, 2.45) is 0 Å². The number of aryl methyl sites for hydroxylation is 1. The lowest BCUT2D eigenvalue weighted by molar-refractivity contribution is -0.141. The summed E-state index contributed by atoms with van der Waals surface area (Å²) in [5.74, 6) is -0.499. The summed E-state index contributed by atoms with van der Waals surface area (Å²) >= 11 is 6.34. The Labute approximate surface area is 264 Å². The summed E-state index contributed by atoms with van der Waals surface area (Å²) in [6.07, 6.45) is 2.30. The fourth-order valence-electron chi connectivity index (χ4n) is 5.43. The van der Waals surface area contributed by atoms with Gasteiger partial charge < -0.3 is 10.2 Å². The highest BCUT2D eigenvalue weighted by molar-refractivity contribution is 7.89. The molecule has 0 aromatic heterocycles. The van der Waals surface area contributed by atoms with E-state index in [1.807, 2.05) is 78.9 Å². The van der Waals surface area contributed by atoms with Crippen LogP contribution in [0.3, 0.4) is 0 Å². The minimum atomic E-state index is -3.51. The van der Waals surface area contributed by atoms with Gasteiger partial charge in [0.2, 0.25) is 21.8 Å². The van der Waals surface area contributed by atoms with Gasteiger partial charge in [-0.25, -0.2) is 8.42 Å². The zero-order valence-electron chi connectivity index (χ0n) is 24.4. The summed E-state index contributed by atoms with van der Waals surface area (Å²) in [7, 11) is -3.51. The third-order valence-electron chi connectivity index (χ3n) is 7.86. The SMILES string of the molecule is O=C(NCc1ccccc1Cl)[C@H](c1ccccc1)N(Cc1ccccc1)C(=O)CCc1ccc(S(=O)(=O)N2CCCC2)cc1. The first-order valence-electron chi connectivity index (χ1n) is 14.8. The average molecular weight is 630 g/mol. The van der Waals surface area contributed by atoms with E-state index in [4.69, 9.17) is 11.6 Å². The number of rotatable bonds is 12. The van der Waals surface area contributed by atoms with E-state index in [1.165, 1.54) is 4.31 Å². The molecule has 9 heteroatoms. The first-order chi connectivity index (χ1) is 21.3. The van der Waals surface area contributed by atoms with Gasteiger partial charge in [-0.3, -0.25) is 9.59 Å². The number of benzene rings is 4. The van der Waals surface area contributed by atoms with E-state index in [0.717, 1.165) is 29.5 Å². The molecule has 4 aromatic carbocycles. The van der Waals surface area contributed by atoms with E-state index in [1.54, 1.807) is 35.2 Å². The lowest BCUT2D eigenvalue weighted by Crippen LogP contribution is -2.43. The van der Waals surface area contributed by atoms with Crippen LogP contribution in [-0.2, 0) is 39.1 Å². The Balaban J connectivity index is 1.37. The molecule has 0 bridgehead atoms. The largest absolute Gasteiger partial charge is 0.350 e. The van der Waals surface area contributed by atoms with Gasteiger partial charge in [0.05, 0.1) is 4.90 Å². The number of nitrogens with one attached hydrogen (secondary N) is 1. The van der Waals surface area contributed by atoms with Crippen molar-refractivity contribution in [3.05, 3.63) is 136 Å². The Hall–Kier alpha value is -3.98. The van der Waals surface area contributed by atoms with Crippen molar-refractivity contribution >= 4 is 33.4 Å². The number of amides is 2. The molecule has 44 heavy (non-hydrogen) atoms. The molecule has 0 spiro atoms. The summed E-state index contributed by atoms with van der Waals surface area (Å²) < 4.78 is 27.4. The van der Waals surface area contributed by atoms with Crippen LogP contribution in [0.5, 0.6) is 0 Å². The fraction of sp³-hybridized carbons (Fsp3) is 0.257. The van der Waals surface area contributed by atoms with Crippen LogP contribution in [0.15, 0.2) is 114 Å². The zero-order chi connectivity index (χ0) is 30.9. The Morgan fingerprint density at radius 3 is 2.07 bits per heavy atom. The van der Waals surface area contributed by atoms with Gasteiger partial charge in [-0.15, -0.1) is 0 Å². The minimum Gasteiger partial charge on any atom is -0.350 e. The predicted octanol–water partition coefficient (Wildman–Crippen LogP) is 6.14. The maximum absolute atomic E-state index is 14.0. The Kier molecular flexibility index (Phi) is 10.5. The molecule has 1 aliphatic rings. The van der Waals surface area contributed by atoms with Gasteiger partial charge in [0, 0.05) is 37.6 Å². The van der Waals surface area contributed by atoms with E-state index in [-0.39, 0.29) is 36.2 Å². The molecule has 2 amide bonds. The van der Waals surface area contributed by atoms with Crippen LogP contribution in [0.1, 0.15) is 47.6 Å². The highest BCUT2D eigenvalue weighted by Gasteiger charge is 2.32. The van der Waals surface area contributed by atoms with Gasteiger partial charge >= 0.3 is 0 Å². The van der Waals surface area contributed by atoms with Crippen molar-refractivity contribution in [3.8, 4) is 0 Å². The van der Waals surface area contributed by atoms with Crippen molar-refractivity contribution in [3.63, 3.8) is 0 Å². The summed E-state index contributed by atoms with van der Waals surface area (Å²) in [6.45, 7) is 1.56. The highest BCUT2D eigenvalue weighted by Crippen LogP contribution is 2.26. The molecule has 4 aromatic rings. The lowest BCUT2D eigenvalue weighted by atomic mass is 10.0. The number of carbonyl (C=O) groups excluding carboxylic acids is 2. The standard InChI is InChI=1S/C35H36ClN3O4S/c36-32-16-8-7-15-30(32)25-37-35(41)34(29-13-5-2-6-14-29)39(26-28-11-3-1-4-12-28)33(40)22-19-27-17-20-31(21-18-27)44(42,43)38-23-9-10-24-38/h1-8,11-18,20-21,34H,9-10,19,22-26H2,(H,37,41)/t34-/m0/s1. The van der Waals surface area contributed by atoms with Crippen molar-refractivity contribution < 1.29 is 18.0 Å². The van der Waals surface area contributed by atoms with Gasteiger partial charge in [0.15, 0.2) is 0 Å². The van der Waals surface area contributed by atoms with E-state index >= 15 is 0 Å². The van der Waals surface area contributed by atoms with E-state index in [2.05, 4.69) is 5.32 Å². The van der Waals surface area contributed by atoms with Crippen molar-refractivity contribution in [1.29, 1.82) is 0 Å². The molecular weight excluding hydrogens is 594 g/mol. The molecule has 1 aliphatic heterocycles. The molecule has 228 valence electrons. The third-order valence-corrected chi connectivity index (χ3v) is 10.1. The van der Waals surface area contributed by atoms with Crippen LogP contribution < -0.4 is 5.32 Å². The zero-order valence-corrected chi connectivity index (χ0v) is 26.0. The van der Waals surface area contributed by atoms with Gasteiger partial charge in [0.25, 0.3) is 0 Å². The van der Waals surface area contributed by atoms with Crippen LogP contribution in [0.2, 0.25) is 5.02 Å². The number of halogens is 1. The van der Waals surface area contributed by atoms with Crippen LogP contribution >= 0.6 is 11.6 Å². The van der Waals surface area contributed by atoms with E-state index in [9.17, 15) is 18.0 Å². The van der Waals surface area contributed by atoms with Crippen molar-refractivity contribution in [2.75, 3.05) is 13.1 Å².